The van der Waals surface area contributed by atoms with Crippen LogP contribution >= 0.6 is 11.3 Å². The molecule has 1 atom stereocenters. The van der Waals surface area contributed by atoms with Crippen LogP contribution in [0.15, 0.2) is 0 Å². The fourth-order valence-electron chi connectivity index (χ4n) is 4.52. The van der Waals surface area contributed by atoms with Crippen LogP contribution in [-0.2, 0) is 17.6 Å². The summed E-state index contributed by atoms with van der Waals surface area (Å²) in [5.74, 6) is 2.37. The third-order valence-corrected chi connectivity index (χ3v) is 6.90. The monoisotopic (exact) mass is 416 g/mol. The van der Waals surface area contributed by atoms with E-state index in [1.807, 2.05) is 46.1 Å². The minimum Gasteiger partial charge on any atom is -0.444 e. The topological polar surface area (TPSA) is 58.6 Å². The quantitative estimate of drug-likeness (QED) is 0.733. The highest BCUT2D eigenvalue weighted by Crippen LogP contribution is 2.41. The lowest BCUT2D eigenvalue weighted by molar-refractivity contribution is 0.0269. The fourth-order valence-corrected chi connectivity index (χ4v) is 5.82. The molecule has 0 N–H and O–H groups in total. The highest BCUT2D eigenvalue weighted by Gasteiger charge is 2.29. The maximum atomic E-state index is 12.4. The second-order valence-corrected chi connectivity index (χ2v) is 10.5. The highest BCUT2D eigenvalue weighted by atomic mass is 32.1. The van der Waals surface area contributed by atoms with Crippen molar-refractivity contribution in [3.05, 3.63) is 16.3 Å². The summed E-state index contributed by atoms with van der Waals surface area (Å²) in [6.45, 7) is 10.4. The third kappa shape index (κ3) is 4.34. The van der Waals surface area contributed by atoms with Gasteiger partial charge < -0.3 is 14.5 Å². The molecule has 7 heteroatoms. The van der Waals surface area contributed by atoms with Gasteiger partial charge in [0.1, 0.15) is 22.1 Å². The van der Waals surface area contributed by atoms with Crippen molar-refractivity contribution < 1.29 is 9.53 Å². The number of anilines is 1. The summed E-state index contributed by atoms with van der Waals surface area (Å²) in [5, 5.41) is 1.29. The number of ether oxygens (including phenoxy) is 1. The van der Waals surface area contributed by atoms with Crippen LogP contribution in [-0.4, -0.2) is 53.2 Å². The van der Waals surface area contributed by atoms with Crippen LogP contribution in [0.25, 0.3) is 10.2 Å². The number of thiophene rings is 1. The van der Waals surface area contributed by atoms with Gasteiger partial charge in [-0.05, 0) is 71.3 Å². The molecule has 1 fully saturated rings. The Morgan fingerprint density at radius 2 is 2.07 bits per heavy atom. The molecule has 3 heterocycles. The first-order chi connectivity index (χ1) is 13.7. The van der Waals surface area contributed by atoms with E-state index < -0.39 is 5.60 Å². The first kappa shape index (κ1) is 20.4. The third-order valence-electron chi connectivity index (χ3n) is 5.71. The maximum absolute atomic E-state index is 12.4. The molecule has 1 aliphatic carbocycles. The van der Waals surface area contributed by atoms with Gasteiger partial charge in [0, 0.05) is 31.6 Å². The average molecular weight is 417 g/mol. The van der Waals surface area contributed by atoms with E-state index in [4.69, 9.17) is 14.7 Å². The van der Waals surface area contributed by atoms with Gasteiger partial charge >= 0.3 is 6.09 Å². The summed E-state index contributed by atoms with van der Waals surface area (Å²) in [5.41, 5.74) is 1.01. The average Bonchev–Trinajstić information content (AvgIpc) is 3.20. The van der Waals surface area contributed by atoms with Crippen LogP contribution in [0.1, 0.15) is 56.3 Å². The van der Waals surface area contributed by atoms with Crippen molar-refractivity contribution in [2.45, 2.75) is 65.4 Å². The number of nitrogens with zero attached hydrogens (tertiary/aromatic N) is 4. The minimum atomic E-state index is -0.465. The first-order valence-electron chi connectivity index (χ1n) is 10.7. The Morgan fingerprint density at radius 3 is 2.83 bits per heavy atom. The predicted octanol–water partition coefficient (Wildman–Crippen LogP) is 4.57. The van der Waals surface area contributed by atoms with Gasteiger partial charge in [-0.1, -0.05) is 0 Å². The van der Waals surface area contributed by atoms with Crippen LogP contribution in [0.5, 0.6) is 0 Å². The van der Waals surface area contributed by atoms with Crippen molar-refractivity contribution in [2.75, 3.05) is 31.6 Å². The molecule has 2 aliphatic rings. The number of aromatic nitrogens is 2. The van der Waals surface area contributed by atoms with Gasteiger partial charge in [0.25, 0.3) is 0 Å². The zero-order valence-electron chi connectivity index (χ0n) is 18.2. The Labute approximate surface area is 177 Å². The standard InChI is InChI=1S/C22H32N4O2S/c1-14-23-19(18-16-9-6-10-17(16)29-20(18)24-14)26-11-7-8-15(13-26)12-25(5)21(27)28-22(2,3)4/h15H,6-13H2,1-5H3/t15-/m0/s1. The number of fused-ring (bicyclic) bond motifs is 3. The number of rotatable bonds is 3. The molecule has 0 aromatic carbocycles. The van der Waals surface area contributed by atoms with Crippen LogP contribution < -0.4 is 4.90 Å². The number of carbonyl (C=O) groups is 1. The van der Waals surface area contributed by atoms with E-state index in [0.717, 1.165) is 48.8 Å². The minimum absolute atomic E-state index is 0.245. The van der Waals surface area contributed by atoms with E-state index in [2.05, 4.69) is 4.90 Å². The summed E-state index contributed by atoms with van der Waals surface area (Å²) in [6.07, 6.45) is 5.56. The number of hydrogen-bond donors (Lipinski definition) is 0. The Bertz CT molecular complexity index is 918. The molecule has 0 bridgehead atoms. The Hall–Kier alpha value is -1.89. The van der Waals surface area contributed by atoms with Crippen molar-refractivity contribution in [3.63, 3.8) is 0 Å². The second-order valence-electron chi connectivity index (χ2n) is 9.45. The molecule has 1 aliphatic heterocycles. The second kappa shape index (κ2) is 7.74. The van der Waals surface area contributed by atoms with Crippen molar-refractivity contribution in [3.8, 4) is 0 Å². The predicted molar refractivity (Wildman–Crippen MR) is 118 cm³/mol. The molecule has 29 heavy (non-hydrogen) atoms. The van der Waals surface area contributed by atoms with Crippen molar-refractivity contribution in [1.29, 1.82) is 0 Å². The molecule has 2 aromatic heterocycles. The molecule has 0 spiro atoms. The Balaban J connectivity index is 1.53. The highest BCUT2D eigenvalue weighted by molar-refractivity contribution is 7.19. The summed E-state index contributed by atoms with van der Waals surface area (Å²) in [7, 11) is 1.84. The molecule has 1 amide bonds. The molecule has 0 saturated carbocycles. The number of carbonyl (C=O) groups excluding carboxylic acids is 1. The maximum Gasteiger partial charge on any atom is 0.410 e. The molecule has 2 aromatic rings. The van der Waals surface area contributed by atoms with Crippen LogP contribution in [0.2, 0.25) is 0 Å². The van der Waals surface area contributed by atoms with E-state index >= 15 is 0 Å². The molecular weight excluding hydrogens is 384 g/mol. The van der Waals surface area contributed by atoms with Gasteiger partial charge in [-0.25, -0.2) is 14.8 Å². The lowest BCUT2D eigenvalue weighted by Crippen LogP contribution is -2.43. The smallest absolute Gasteiger partial charge is 0.410 e. The van der Waals surface area contributed by atoms with E-state index in [1.54, 1.807) is 4.90 Å². The van der Waals surface area contributed by atoms with Crippen LogP contribution in [0.4, 0.5) is 10.6 Å². The normalized spacial score (nSPS) is 19.5. The number of amides is 1. The van der Waals surface area contributed by atoms with Gasteiger partial charge in [0.05, 0.1) is 5.39 Å². The van der Waals surface area contributed by atoms with Crippen LogP contribution in [0.3, 0.4) is 0 Å². The largest absolute Gasteiger partial charge is 0.444 e. The fraction of sp³-hybridized carbons (Fsp3) is 0.682. The molecule has 4 rings (SSSR count). The van der Waals surface area contributed by atoms with Gasteiger partial charge in [-0.3, -0.25) is 0 Å². The molecule has 1 saturated heterocycles. The van der Waals surface area contributed by atoms with Crippen molar-refractivity contribution in [1.82, 2.24) is 14.9 Å². The number of aryl methyl sites for hydroxylation is 3. The molecule has 0 unspecified atom stereocenters. The van der Waals surface area contributed by atoms with Gasteiger partial charge in [-0.2, -0.15) is 0 Å². The van der Waals surface area contributed by atoms with Gasteiger partial charge in [0.2, 0.25) is 0 Å². The SMILES string of the molecule is Cc1nc(N2CCC[C@@H](CN(C)C(=O)OC(C)(C)C)C2)c2c3c(sc2n1)CCC3. The summed E-state index contributed by atoms with van der Waals surface area (Å²) < 4.78 is 5.52. The van der Waals surface area contributed by atoms with Gasteiger partial charge in [0.15, 0.2) is 0 Å². The number of piperidine rings is 1. The van der Waals surface area contributed by atoms with Crippen LogP contribution in [0, 0.1) is 12.8 Å². The molecular formula is C22H32N4O2S. The number of hydrogen-bond acceptors (Lipinski definition) is 6. The molecule has 0 radical (unpaired) electrons. The molecule has 158 valence electrons. The van der Waals surface area contributed by atoms with E-state index in [-0.39, 0.29) is 6.09 Å². The van der Waals surface area contributed by atoms with E-state index in [9.17, 15) is 4.79 Å². The van der Waals surface area contributed by atoms with Crippen molar-refractivity contribution >= 4 is 33.5 Å². The Kier molecular flexibility index (Phi) is 5.44. The Morgan fingerprint density at radius 1 is 1.28 bits per heavy atom. The zero-order valence-corrected chi connectivity index (χ0v) is 19.1. The zero-order chi connectivity index (χ0) is 20.8. The summed E-state index contributed by atoms with van der Waals surface area (Å²) in [6, 6.07) is 0. The lowest BCUT2D eigenvalue weighted by Gasteiger charge is -2.36. The van der Waals surface area contributed by atoms with Crippen molar-refractivity contribution in [2.24, 2.45) is 5.92 Å². The van der Waals surface area contributed by atoms with E-state index in [1.165, 1.54) is 28.7 Å². The van der Waals surface area contributed by atoms with E-state index in [0.29, 0.717) is 12.5 Å². The summed E-state index contributed by atoms with van der Waals surface area (Å²) in [4.78, 5) is 28.8. The first-order valence-corrected chi connectivity index (χ1v) is 11.5. The summed E-state index contributed by atoms with van der Waals surface area (Å²) >= 11 is 1.85. The molecule has 6 nitrogen and oxygen atoms in total. The van der Waals surface area contributed by atoms with Gasteiger partial charge in [-0.15, -0.1) is 11.3 Å². The lowest BCUT2D eigenvalue weighted by atomic mass is 9.97.